The molecule has 1 aliphatic rings. The summed E-state index contributed by atoms with van der Waals surface area (Å²) in [4.78, 5) is 30.1. The van der Waals surface area contributed by atoms with E-state index < -0.39 is 18.0 Å². The summed E-state index contributed by atoms with van der Waals surface area (Å²) in [6.45, 7) is 4.56. The zero-order valence-electron chi connectivity index (χ0n) is 21.4. The number of halogens is 1. The number of rotatable bonds is 5. The molecule has 0 saturated heterocycles. The highest BCUT2D eigenvalue weighted by Gasteiger charge is 2.31. The summed E-state index contributed by atoms with van der Waals surface area (Å²) >= 11 is 0. The minimum Gasteiger partial charge on any atom is -0.394 e. The fourth-order valence-corrected chi connectivity index (χ4v) is 4.72. The van der Waals surface area contributed by atoms with Crippen molar-refractivity contribution < 1.29 is 23.8 Å². The number of carbonyl (C=O) groups excluding carboxylic acids is 2. The summed E-state index contributed by atoms with van der Waals surface area (Å²) in [6.07, 6.45) is -0.398. The second-order valence-electron chi connectivity index (χ2n) is 9.71. The maximum Gasteiger partial charge on any atom is 0.254 e. The number of hydrogen-bond acceptors (Lipinski definition) is 4. The number of nitrogens with zero attached hydrogens (tertiary/aromatic N) is 2. The SMILES string of the molecule is C[C@@H]1CN([C@H](C)CO)C(=O)c2ccccc2-c2ccccc2CO[C@@H]1CN(C)C(=O)c1ccc(F)cc1. The topological polar surface area (TPSA) is 70.1 Å². The third kappa shape index (κ3) is 5.89. The Morgan fingerprint density at radius 3 is 2.35 bits per heavy atom. The number of hydrogen-bond donors (Lipinski definition) is 1. The molecule has 37 heavy (non-hydrogen) atoms. The molecule has 0 radical (unpaired) electrons. The van der Waals surface area contributed by atoms with Crippen LogP contribution in [0.5, 0.6) is 0 Å². The maximum atomic E-state index is 13.9. The van der Waals surface area contributed by atoms with Gasteiger partial charge >= 0.3 is 0 Å². The minimum absolute atomic E-state index is 0.154. The second kappa shape index (κ2) is 11.7. The van der Waals surface area contributed by atoms with E-state index in [1.807, 2.05) is 62.4 Å². The van der Waals surface area contributed by atoms with Gasteiger partial charge in [0.1, 0.15) is 5.82 Å². The standard InChI is InChI=1S/C30H33FN2O4/c1-20-16-33(21(2)18-34)30(36)27-11-7-6-10-26(27)25-9-5-4-8-23(25)19-37-28(20)17-32(3)29(35)22-12-14-24(31)15-13-22/h4-15,20-21,28,34H,16-19H2,1-3H3/t20-,21-,28-/m1/s1. The predicted octanol–water partition coefficient (Wildman–Crippen LogP) is 4.62. The molecule has 0 aromatic heterocycles. The van der Waals surface area contributed by atoms with Gasteiger partial charge in [0.15, 0.2) is 0 Å². The summed E-state index contributed by atoms with van der Waals surface area (Å²) < 4.78 is 19.8. The first-order valence-electron chi connectivity index (χ1n) is 12.5. The molecule has 0 saturated carbocycles. The van der Waals surface area contributed by atoms with Crippen molar-refractivity contribution in [3.63, 3.8) is 0 Å². The van der Waals surface area contributed by atoms with E-state index in [0.717, 1.165) is 16.7 Å². The van der Waals surface area contributed by atoms with Gasteiger partial charge in [-0.25, -0.2) is 4.39 Å². The molecule has 0 unspecified atom stereocenters. The average molecular weight is 505 g/mol. The molecule has 7 heteroatoms. The highest BCUT2D eigenvalue weighted by molar-refractivity contribution is 6.01. The van der Waals surface area contributed by atoms with Crippen LogP contribution in [0.2, 0.25) is 0 Å². The smallest absolute Gasteiger partial charge is 0.254 e. The predicted molar refractivity (Wildman–Crippen MR) is 141 cm³/mol. The van der Waals surface area contributed by atoms with Crippen LogP contribution in [0, 0.1) is 11.7 Å². The number of benzene rings is 3. The van der Waals surface area contributed by atoms with Crippen molar-refractivity contribution >= 4 is 11.8 Å². The number of likely N-dealkylation sites (N-methyl/N-ethyl adjacent to an activating group) is 1. The molecule has 0 spiro atoms. The molecule has 3 aromatic carbocycles. The molecule has 6 nitrogen and oxygen atoms in total. The van der Waals surface area contributed by atoms with Gasteiger partial charge in [0.25, 0.3) is 11.8 Å². The highest BCUT2D eigenvalue weighted by Crippen LogP contribution is 2.31. The average Bonchev–Trinajstić information content (AvgIpc) is 2.94. The molecule has 4 rings (SSSR count). The van der Waals surface area contributed by atoms with Crippen molar-refractivity contribution in [2.45, 2.75) is 32.6 Å². The molecule has 194 valence electrons. The molecule has 0 aliphatic carbocycles. The van der Waals surface area contributed by atoms with E-state index in [0.29, 0.717) is 24.3 Å². The molecule has 0 bridgehead atoms. The Morgan fingerprint density at radius 1 is 1.05 bits per heavy atom. The lowest BCUT2D eigenvalue weighted by Gasteiger charge is -2.35. The molecule has 0 fully saturated rings. The van der Waals surface area contributed by atoms with Crippen LogP contribution in [0.1, 0.15) is 40.1 Å². The van der Waals surface area contributed by atoms with Crippen molar-refractivity contribution in [2.24, 2.45) is 5.92 Å². The van der Waals surface area contributed by atoms with Crippen molar-refractivity contribution in [3.8, 4) is 11.1 Å². The Morgan fingerprint density at radius 2 is 1.68 bits per heavy atom. The molecular formula is C30H33FN2O4. The zero-order valence-corrected chi connectivity index (χ0v) is 21.4. The van der Waals surface area contributed by atoms with E-state index >= 15 is 0 Å². The Bertz CT molecular complexity index is 1250. The van der Waals surface area contributed by atoms with Crippen LogP contribution in [-0.2, 0) is 11.3 Å². The summed E-state index contributed by atoms with van der Waals surface area (Å²) in [7, 11) is 1.69. The Hall–Kier alpha value is -3.55. The fourth-order valence-electron chi connectivity index (χ4n) is 4.72. The molecule has 1 N–H and O–H groups in total. The number of amides is 2. The Balaban J connectivity index is 1.69. The van der Waals surface area contributed by atoms with E-state index in [2.05, 4.69) is 0 Å². The van der Waals surface area contributed by atoms with Crippen molar-refractivity contribution in [2.75, 3.05) is 26.7 Å². The van der Waals surface area contributed by atoms with Crippen LogP contribution in [0.25, 0.3) is 11.1 Å². The lowest BCUT2D eigenvalue weighted by atomic mass is 9.94. The fraction of sp³-hybridized carbons (Fsp3) is 0.333. The summed E-state index contributed by atoms with van der Waals surface area (Å²) in [5.74, 6) is -0.953. The van der Waals surface area contributed by atoms with Gasteiger partial charge in [-0.15, -0.1) is 0 Å². The molecule has 3 atom stereocenters. The lowest BCUT2D eigenvalue weighted by Crippen LogP contribution is -2.47. The van der Waals surface area contributed by atoms with Gasteiger partial charge in [-0.2, -0.15) is 0 Å². The van der Waals surface area contributed by atoms with Gasteiger partial charge in [0.05, 0.1) is 25.4 Å². The summed E-state index contributed by atoms with van der Waals surface area (Å²) in [5, 5.41) is 9.97. The van der Waals surface area contributed by atoms with E-state index in [4.69, 9.17) is 4.74 Å². The monoisotopic (exact) mass is 504 g/mol. The largest absolute Gasteiger partial charge is 0.394 e. The number of aliphatic hydroxyl groups is 1. The quantitative estimate of drug-likeness (QED) is 0.551. The van der Waals surface area contributed by atoms with Gasteiger partial charge in [-0.1, -0.05) is 49.4 Å². The number of ether oxygens (including phenoxy) is 1. The number of aliphatic hydroxyl groups excluding tert-OH is 1. The van der Waals surface area contributed by atoms with Gasteiger partial charge < -0.3 is 19.6 Å². The van der Waals surface area contributed by atoms with Gasteiger partial charge in [0.2, 0.25) is 0 Å². The Kier molecular flexibility index (Phi) is 8.36. The minimum atomic E-state index is -0.404. The van der Waals surface area contributed by atoms with Crippen molar-refractivity contribution in [1.29, 1.82) is 0 Å². The third-order valence-corrected chi connectivity index (χ3v) is 6.99. The van der Waals surface area contributed by atoms with Crippen LogP contribution >= 0.6 is 0 Å². The van der Waals surface area contributed by atoms with Crippen LogP contribution in [0.15, 0.2) is 72.8 Å². The first-order chi connectivity index (χ1) is 17.8. The molecular weight excluding hydrogens is 471 g/mol. The van der Waals surface area contributed by atoms with E-state index in [9.17, 15) is 19.1 Å². The van der Waals surface area contributed by atoms with E-state index in [1.54, 1.807) is 16.8 Å². The van der Waals surface area contributed by atoms with Gasteiger partial charge in [-0.05, 0) is 53.9 Å². The molecule has 1 aliphatic heterocycles. The van der Waals surface area contributed by atoms with Crippen LogP contribution in [0.4, 0.5) is 4.39 Å². The van der Waals surface area contributed by atoms with Gasteiger partial charge in [-0.3, -0.25) is 9.59 Å². The molecule has 3 aromatic rings. The normalized spacial score (nSPS) is 18.8. The second-order valence-corrected chi connectivity index (χ2v) is 9.71. The number of carbonyl (C=O) groups is 2. The Labute approximate surface area is 217 Å². The van der Waals surface area contributed by atoms with Crippen LogP contribution < -0.4 is 0 Å². The maximum absolute atomic E-state index is 13.9. The van der Waals surface area contributed by atoms with Crippen LogP contribution in [-0.4, -0.2) is 65.6 Å². The first-order valence-corrected chi connectivity index (χ1v) is 12.5. The third-order valence-electron chi connectivity index (χ3n) is 6.99. The van der Waals surface area contributed by atoms with E-state index in [-0.39, 0.29) is 30.9 Å². The number of fused-ring (bicyclic) bond motifs is 3. The lowest BCUT2D eigenvalue weighted by molar-refractivity contribution is -0.0209. The first kappa shape index (κ1) is 26.5. The summed E-state index contributed by atoms with van der Waals surface area (Å²) in [6, 6.07) is 20.4. The highest BCUT2D eigenvalue weighted by atomic mass is 19.1. The van der Waals surface area contributed by atoms with Gasteiger partial charge in [0, 0.05) is 37.2 Å². The molecule has 1 heterocycles. The van der Waals surface area contributed by atoms with Crippen molar-refractivity contribution in [1.82, 2.24) is 9.80 Å². The van der Waals surface area contributed by atoms with Crippen LogP contribution in [0.3, 0.4) is 0 Å². The molecule has 2 amide bonds. The zero-order chi connectivity index (χ0) is 26.5. The van der Waals surface area contributed by atoms with E-state index in [1.165, 1.54) is 24.3 Å². The van der Waals surface area contributed by atoms with Crippen molar-refractivity contribution in [3.05, 3.63) is 95.3 Å². The summed E-state index contributed by atoms with van der Waals surface area (Å²) in [5.41, 5.74) is 3.63.